The van der Waals surface area contributed by atoms with Crippen LogP contribution in [0.15, 0.2) is 29.4 Å². The van der Waals surface area contributed by atoms with E-state index in [1.54, 1.807) is 18.2 Å². The Morgan fingerprint density at radius 2 is 2.18 bits per heavy atom. The van der Waals surface area contributed by atoms with Gasteiger partial charge in [0, 0.05) is 28.7 Å². The van der Waals surface area contributed by atoms with Gasteiger partial charge in [0.2, 0.25) is 0 Å². The molecule has 1 fully saturated rings. The average Bonchev–Trinajstić information content (AvgIpc) is 3.21. The molecule has 1 amide bonds. The van der Waals surface area contributed by atoms with E-state index in [4.69, 9.17) is 16.3 Å². The SMILES string of the molecule is COc1ccc(Cl)cc1C(=O)N=c1sc(C(C)(C)C)cn1C[C@@H]1CC[C@H](O)N1. The number of ether oxygens (including phenoxy) is 1. The molecule has 0 saturated carbocycles. The van der Waals surface area contributed by atoms with Crippen molar-refractivity contribution in [1.29, 1.82) is 0 Å². The van der Waals surface area contributed by atoms with Crippen molar-refractivity contribution in [3.05, 3.63) is 44.7 Å². The number of thiazole rings is 1. The Hall–Kier alpha value is -1.67. The number of carbonyl (C=O) groups is 1. The van der Waals surface area contributed by atoms with Gasteiger partial charge >= 0.3 is 0 Å². The van der Waals surface area contributed by atoms with Gasteiger partial charge in [0.25, 0.3) is 5.91 Å². The van der Waals surface area contributed by atoms with Crippen molar-refractivity contribution in [2.75, 3.05) is 7.11 Å². The summed E-state index contributed by atoms with van der Waals surface area (Å²) in [6.07, 6.45) is 3.19. The third kappa shape index (κ3) is 4.84. The molecule has 0 aliphatic carbocycles. The summed E-state index contributed by atoms with van der Waals surface area (Å²) in [6, 6.07) is 5.06. The van der Waals surface area contributed by atoms with E-state index >= 15 is 0 Å². The maximum Gasteiger partial charge on any atom is 0.283 e. The molecular weight excluding hydrogens is 398 g/mol. The Kier molecular flexibility index (Phi) is 6.29. The molecule has 28 heavy (non-hydrogen) atoms. The lowest BCUT2D eigenvalue weighted by molar-refractivity contribution is 0.0994. The number of aromatic nitrogens is 1. The van der Waals surface area contributed by atoms with Crippen LogP contribution in [0.3, 0.4) is 0 Å². The molecule has 2 heterocycles. The highest BCUT2D eigenvalue weighted by atomic mass is 35.5. The maximum atomic E-state index is 12.9. The smallest absolute Gasteiger partial charge is 0.283 e. The molecule has 8 heteroatoms. The van der Waals surface area contributed by atoms with Crippen LogP contribution in [0.4, 0.5) is 0 Å². The van der Waals surface area contributed by atoms with Gasteiger partial charge in [0.1, 0.15) is 12.0 Å². The number of amides is 1. The third-order valence-electron chi connectivity index (χ3n) is 4.68. The zero-order chi connectivity index (χ0) is 20.5. The number of benzene rings is 1. The molecular formula is C20H26ClN3O3S. The highest BCUT2D eigenvalue weighted by Gasteiger charge is 2.24. The van der Waals surface area contributed by atoms with Gasteiger partial charge in [-0.2, -0.15) is 4.99 Å². The number of nitrogens with one attached hydrogen (secondary N) is 1. The second-order valence-corrected chi connectivity index (χ2v) is 9.44. The molecule has 152 valence electrons. The first kappa shape index (κ1) is 21.0. The summed E-state index contributed by atoms with van der Waals surface area (Å²) in [5.74, 6) is 0.0488. The number of rotatable bonds is 4. The van der Waals surface area contributed by atoms with Crippen molar-refractivity contribution >= 4 is 28.8 Å². The molecule has 0 unspecified atom stereocenters. The summed E-state index contributed by atoms with van der Waals surface area (Å²) >= 11 is 7.56. The van der Waals surface area contributed by atoms with Crippen LogP contribution >= 0.6 is 22.9 Å². The minimum atomic E-state index is -0.468. The summed E-state index contributed by atoms with van der Waals surface area (Å²) in [6.45, 7) is 7.04. The average molecular weight is 424 g/mol. The molecule has 2 atom stereocenters. The van der Waals surface area contributed by atoms with Gasteiger partial charge in [0.15, 0.2) is 4.80 Å². The predicted octanol–water partition coefficient (Wildman–Crippen LogP) is 3.32. The van der Waals surface area contributed by atoms with Crippen LogP contribution in [0.5, 0.6) is 5.75 Å². The quantitative estimate of drug-likeness (QED) is 0.790. The number of carbonyl (C=O) groups excluding carboxylic acids is 1. The van der Waals surface area contributed by atoms with Crippen LogP contribution in [0.2, 0.25) is 5.02 Å². The summed E-state index contributed by atoms with van der Waals surface area (Å²) in [5, 5.41) is 13.4. The van der Waals surface area contributed by atoms with Gasteiger partial charge in [-0.25, -0.2) is 0 Å². The molecule has 1 saturated heterocycles. The molecule has 2 N–H and O–H groups in total. The molecule has 6 nitrogen and oxygen atoms in total. The van der Waals surface area contributed by atoms with Crippen LogP contribution < -0.4 is 14.9 Å². The molecule has 2 aromatic rings. The normalized spacial score (nSPS) is 20.6. The van der Waals surface area contributed by atoms with Crippen molar-refractivity contribution < 1.29 is 14.6 Å². The molecule has 1 aliphatic heterocycles. The number of hydrogen-bond donors (Lipinski definition) is 2. The van der Waals surface area contributed by atoms with Gasteiger partial charge in [-0.1, -0.05) is 32.4 Å². The number of halogens is 1. The van der Waals surface area contributed by atoms with E-state index < -0.39 is 12.1 Å². The first-order valence-corrected chi connectivity index (χ1v) is 10.4. The minimum absolute atomic E-state index is 0.0560. The summed E-state index contributed by atoms with van der Waals surface area (Å²) in [5.41, 5.74) is 0.279. The Morgan fingerprint density at radius 1 is 1.43 bits per heavy atom. The van der Waals surface area contributed by atoms with Crippen LogP contribution in [0, 0.1) is 0 Å². The van der Waals surface area contributed by atoms with E-state index in [1.165, 1.54) is 18.4 Å². The van der Waals surface area contributed by atoms with Crippen molar-refractivity contribution in [3.63, 3.8) is 0 Å². The van der Waals surface area contributed by atoms with Crippen molar-refractivity contribution in [2.45, 2.75) is 57.8 Å². The van der Waals surface area contributed by atoms with Crippen LogP contribution in [-0.2, 0) is 12.0 Å². The number of nitrogens with zero attached hydrogens (tertiary/aromatic N) is 2. The Balaban J connectivity index is 2.00. The Labute approximate surface area is 173 Å². The molecule has 0 bridgehead atoms. The van der Waals surface area contributed by atoms with Crippen LogP contribution in [-0.4, -0.2) is 35.0 Å². The van der Waals surface area contributed by atoms with Gasteiger partial charge < -0.3 is 14.4 Å². The Morgan fingerprint density at radius 3 is 2.79 bits per heavy atom. The van der Waals surface area contributed by atoms with E-state index in [0.717, 1.165) is 17.7 Å². The molecule has 0 spiro atoms. The number of methoxy groups -OCH3 is 1. The summed E-state index contributed by atoms with van der Waals surface area (Å²) < 4.78 is 7.28. The van der Waals surface area contributed by atoms with Gasteiger partial charge in [-0.3, -0.25) is 10.1 Å². The summed E-state index contributed by atoms with van der Waals surface area (Å²) in [4.78, 5) is 19.0. The topological polar surface area (TPSA) is 75.8 Å². The van der Waals surface area contributed by atoms with E-state index in [2.05, 4.69) is 37.3 Å². The van der Waals surface area contributed by atoms with Gasteiger partial charge in [0.05, 0.1) is 12.7 Å². The van der Waals surface area contributed by atoms with E-state index in [0.29, 0.717) is 27.7 Å². The third-order valence-corrected chi connectivity index (χ3v) is 6.36. The first-order chi connectivity index (χ1) is 13.2. The highest BCUT2D eigenvalue weighted by molar-refractivity contribution is 7.09. The molecule has 0 radical (unpaired) electrons. The summed E-state index contributed by atoms with van der Waals surface area (Å²) in [7, 11) is 1.51. The number of aliphatic hydroxyl groups excluding tert-OH is 1. The molecule has 1 aromatic heterocycles. The number of hydrogen-bond acceptors (Lipinski definition) is 5. The second-order valence-electron chi connectivity index (χ2n) is 8.00. The first-order valence-electron chi connectivity index (χ1n) is 9.25. The zero-order valence-corrected chi connectivity index (χ0v) is 18.1. The molecule has 3 rings (SSSR count). The predicted molar refractivity (Wildman–Crippen MR) is 111 cm³/mol. The maximum absolute atomic E-state index is 12.9. The van der Waals surface area contributed by atoms with Crippen LogP contribution in [0.25, 0.3) is 0 Å². The fourth-order valence-electron chi connectivity index (χ4n) is 3.12. The monoisotopic (exact) mass is 423 g/mol. The lowest BCUT2D eigenvalue weighted by Crippen LogP contribution is -2.34. The van der Waals surface area contributed by atoms with Crippen molar-refractivity contribution in [3.8, 4) is 5.75 Å². The fourth-order valence-corrected chi connectivity index (χ4v) is 4.35. The lowest BCUT2D eigenvalue weighted by Gasteiger charge is -2.15. The second kappa shape index (κ2) is 8.37. The van der Waals surface area contributed by atoms with E-state index in [1.807, 2.05) is 4.57 Å². The van der Waals surface area contributed by atoms with Crippen molar-refractivity contribution in [2.24, 2.45) is 4.99 Å². The minimum Gasteiger partial charge on any atom is -0.496 e. The van der Waals surface area contributed by atoms with Gasteiger partial charge in [-0.15, -0.1) is 11.3 Å². The lowest BCUT2D eigenvalue weighted by atomic mass is 9.95. The van der Waals surface area contributed by atoms with E-state index in [9.17, 15) is 9.90 Å². The zero-order valence-electron chi connectivity index (χ0n) is 16.5. The van der Waals surface area contributed by atoms with Crippen LogP contribution in [0.1, 0.15) is 48.8 Å². The number of aliphatic hydroxyl groups is 1. The standard InChI is InChI=1S/C20H26ClN3O3S/c1-20(2,3)16-11-24(10-13-6-8-17(25)22-13)19(28-16)23-18(26)14-9-12(21)5-7-15(14)27-4/h5,7,9,11,13,17,22,25H,6,8,10H2,1-4H3/t13-,17-/m0/s1. The highest BCUT2D eigenvalue weighted by Crippen LogP contribution is 2.26. The van der Waals surface area contributed by atoms with Gasteiger partial charge in [-0.05, 0) is 36.5 Å². The largest absolute Gasteiger partial charge is 0.496 e. The molecule has 1 aromatic carbocycles. The fraction of sp³-hybridized carbons (Fsp3) is 0.500. The van der Waals surface area contributed by atoms with Crippen molar-refractivity contribution in [1.82, 2.24) is 9.88 Å². The molecule has 1 aliphatic rings. The van der Waals surface area contributed by atoms with E-state index in [-0.39, 0.29) is 11.5 Å². The Bertz CT molecular complexity index is 930.